The molecule has 138 valence electrons. The van der Waals surface area contributed by atoms with E-state index in [-0.39, 0.29) is 0 Å². The Kier molecular flexibility index (Phi) is 5.25. The molecule has 0 spiro atoms. The maximum absolute atomic E-state index is 5.62. The van der Waals surface area contributed by atoms with E-state index in [1.165, 1.54) is 27.8 Å². The molecule has 0 heterocycles. The van der Waals surface area contributed by atoms with Gasteiger partial charge in [-0.2, -0.15) is 0 Å². The number of hydrogen-bond donors (Lipinski definition) is 0. The summed E-state index contributed by atoms with van der Waals surface area (Å²) >= 11 is 0. The smallest absolute Gasteiger partial charge is 0.126 e. The average molecular weight is 364 g/mol. The second-order valence-electron chi connectivity index (χ2n) is 6.87. The van der Waals surface area contributed by atoms with Crippen LogP contribution in [0.3, 0.4) is 0 Å². The van der Waals surface area contributed by atoms with E-state index in [1.807, 2.05) is 6.07 Å². The van der Waals surface area contributed by atoms with Gasteiger partial charge in [0.15, 0.2) is 0 Å². The lowest BCUT2D eigenvalue weighted by Gasteiger charge is -2.14. The number of hydrogen-bond acceptors (Lipinski definition) is 1. The van der Waals surface area contributed by atoms with Crippen molar-refractivity contribution in [2.24, 2.45) is 0 Å². The summed E-state index contributed by atoms with van der Waals surface area (Å²) in [6, 6.07) is 34.2. The predicted molar refractivity (Wildman–Crippen MR) is 119 cm³/mol. The lowest BCUT2D eigenvalue weighted by Crippen LogP contribution is -1.91. The van der Waals surface area contributed by atoms with Crippen molar-refractivity contribution >= 4 is 0 Å². The summed E-state index contributed by atoms with van der Waals surface area (Å²) in [6.45, 7) is 2.21. The normalized spacial score (nSPS) is 10.6. The van der Waals surface area contributed by atoms with Gasteiger partial charge in [0.1, 0.15) is 5.75 Å². The summed E-state index contributed by atoms with van der Waals surface area (Å²) < 4.78 is 5.62. The quantitative estimate of drug-likeness (QED) is 0.362. The second kappa shape index (κ2) is 8.14. The molecule has 0 aliphatic rings. The van der Waals surface area contributed by atoms with Crippen molar-refractivity contribution in [1.29, 1.82) is 0 Å². The van der Waals surface area contributed by atoms with Crippen LogP contribution in [0.1, 0.15) is 12.5 Å². The minimum absolute atomic E-state index is 0.892. The van der Waals surface area contributed by atoms with Gasteiger partial charge in [-0.15, -0.1) is 0 Å². The average Bonchev–Trinajstić information content (AvgIpc) is 2.79. The summed E-state index contributed by atoms with van der Waals surface area (Å²) in [5.74, 6) is 0.892. The Bertz CT molecular complexity index is 977. The summed E-state index contributed by atoms with van der Waals surface area (Å²) in [5.41, 5.74) is 8.62. The van der Waals surface area contributed by atoms with Crippen molar-refractivity contribution in [2.75, 3.05) is 7.11 Å². The summed E-state index contributed by atoms with van der Waals surface area (Å²) in [5, 5.41) is 0. The minimum atomic E-state index is 0.892. The van der Waals surface area contributed by atoms with Gasteiger partial charge in [-0.25, -0.2) is 0 Å². The van der Waals surface area contributed by atoms with Crippen molar-refractivity contribution in [3.63, 3.8) is 0 Å². The Morgan fingerprint density at radius 2 is 1.11 bits per heavy atom. The van der Waals surface area contributed by atoms with Crippen LogP contribution in [0.15, 0.2) is 97.1 Å². The van der Waals surface area contributed by atoms with Crippen molar-refractivity contribution in [3.05, 3.63) is 103 Å². The van der Waals surface area contributed by atoms with Crippen LogP contribution in [0.25, 0.3) is 33.4 Å². The number of aryl methyl sites for hydroxylation is 1. The highest BCUT2D eigenvalue weighted by atomic mass is 16.5. The highest BCUT2D eigenvalue weighted by Gasteiger charge is 2.10. The van der Waals surface area contributed by atoms with Crippen molar-refractivity contribution in [3.8, 4) is 39.1 Å². The van der Waals surface area contributed by atoms with Gasteiger partial charge in [-0.1, -0.05) is 85.8 Å². The molecule has 0 radical (unpaired) electrons. The molecule has 0 aliphatic carbocycles. The van der Waals surface area contributed by atoms with E-state index in [9.17, 15) is 0 Å². The highest BCUT2D eigenvalue weighted by Crippen LogP contribution is 2.36. The third-order valence-corrected chi connectivity index (χ3v) is 5.19. The Morgan fingerprint density at radius 3 is 1.68 bits per heavy atom. The van der Waals surface area contributed by atoms with Crippen LogP contribution >= 0.6 is 0 Å². The van der Waals surface area contributed by atoms with Crippen LogP contribution in [-0.4, -0.2) is 7.11 Å². The molecule has 4 aromatic rings. The van der Waals surface area contributed by atoms with Crippen LogP contribution < -0.4 is 4.74 Å². The van der Waals surface area contributed by atoms with Crippen molar-refractivity contribution < 1.29 is 4.74 Å². The van der Waals surface area contributed by atoms with Gasteiger partial charge >= 0.3 is 0 Å². The SMILES string of the molecule is CCc1ccc(-c2ccc(OC)c(-c3ccccc3)c2)cc1-c1ccccc1. The van der Waals surface area contributed by atoms with E-state index in [0.29, 0.717) is 0 Å². The molecule has 0 saturated heterocycles. The highest BCUT2D eigenvalue weighted by molar-refractivity contribution is 5.80. The Balaban J connectivity index is 1.84. The van der Waals surface area contributed by atoms with E-state index in [4.69, 9.17) is 4.74 Å². The van der Waals surface area contributed by atoms with Gasteiger partial charge in [-0.05, 0) is 58.0 Å². The standard InChI is InChI=1S/C27H24O/c1-3-20-14-15-23(18-25(20)21-10-6-4-7-11-21)24-16-17-27(28-2)26(19-24)22-12-8-5-9-13-22/h4-19H,3H2,1-2H3. The van der Waals surface area contributed by atoms with Gasteiger partial charge in [0.25, 0.3) is 0 Å². The molecule has 4 rings (SSSR count). The lowest BCUT2D eigenvalue weighted by molar-refractivity contribution is 0.416. The zero-order chi connectivity index (χ0) is 19.3. The van der Waals surface area contributed by atoms with Crippen LogP contribution in [-0.2, 0) is 6.42 Å². The molecule has 0 aromatic heterocycles. The van der Waals surface area contributed by atoms with Crippen LogP contribution in [0.2, 0.25) is 0 Å². The molecular weight excluding hydrogens is 340 g/mol. The first-order valence-corrected chi connectivity index (χ1v) is 9.72. The molecule has 0 amide bonds. The molecule has 4 aromatic carbocycles. The third kappa shape index (κ3) is 3.57. The molecule has 1 heteroatoms. The van der Waals surface area contributed by atoms with Gasteiger partial charge in [0.2, 0.25) is 0 Å². The van der Waals surface area contributed by atoms with E-state index >= 15 is 0 Å². The zero-order valence-electron chi connectivity index (χ0n) is 16.4. The Morgan fingerprint density at radius 1 is 0.571 bits per heavy atom. The zero-order valence-corrected chi connectivity index (χ0v) is 16.4. The molecule has 0 aliphatic heterocycles. The topological polar surface area (TPSA) is 9.23 Å². The molecule has 0 atom stereocenters. The number of methoxy groups -OCH3 is 1. The Hall–Kier alpha value is -3.32. The van der Waals surface area contributed by atoms with E-state index < -0.39 is 0 Å². The summed E-state index contributed by atoms with van der Waals surface area (Å²) in [6.07, 6.45) is 1.02. The van der Waals surface area contributed by atoms with E-state index in [0.717, 1.165) is 23.3 Å². The monoisotopic (exact) mass is 364 g/mol. The van der Waals surface area contributed by atoms with Crippen LogP contribution in [0, 0.1) is 0 Å². The first-order chi connectivity index (χ1) is 13.8. The van der Waals surface area contributed by atoms with Crippen LogP contribution in [0.5, 0.6) is 5.75 Å². The predicted octanol–water partition coefficient (Wildman–Crippen LogP) is 7.26. The Labute approximate surface area is 167 Å². The van der Waals surface area contributed by atoms with Gasteiger partial charge in [-0.3, -0.25) is 0 Å². The number of rotatable bonds is 5. The van der Waals surface area contributed by atoms with Crippen LogP contribution in [0.4, 0.5) is 0 Å². The molecule has 0 saturated carbocycles. The van der Waals surface area contributed by atoms with E-state index in [1.54, 1.807) is 7.11 Å². The molecule has 1 nitrogen and oxygen atoms in total. The van der Waals surface area contributed by atoms with Gasteiger partial charge in [0, 0.05) is 5.56 Å². The fourth-order valence-corrected chi connectivity index (χ4v) is 3.68. The largest absolute Gasteiger partial charge is 0.496 e. The first kappa shape index (κ1) is 18.1. The fraction of sp³-hybridized carbons (Fsp3) is 0.111. The lowest BCUT2D eigenvalue weighted by atomic mass is 9.92. The van der Waals surface area contributed by atoms with E-state index in [2.05, 4.69) is 97.9 Å². The maximum atomic E-state index is 5.62. The third-order valence-electron chi connectivity index (χ3n) is 5.19. The maximum Gasteiger partial charge on any atom is 0.126 e. The summed E-state index contributed by atoms with van der Waals surface area (Å²) in [4.78, 5) is 0. The molecule has 0 fully saturated rings. The molecule has 28 heavy (non-hydrogen) atoms. The first-order valence-electron chi connectivity index (χ1n) is 9.72. The van der Waals surface area contributed by atoms with Gasteiger partial charge in [0.05, 0.1) is 7.11 Å². The minimum Gasteiger partial charge on any atom is -0.496 e. The summed E-state index contributed by atoms with van der Waals surface area (Å²) in [7, 11) is 1.73. The fourth-order valence-electron chi connectivity index (χ4n) is 3.68. The molecule has 0 N–H and O–H groups in total. The van der Waals surface area contributed by atoms with Crippen molar-refractivity contribution in [1.82, 2.24) is 0 Å². The number of ether oxygens (including phenoxy) is 1. The molecule has 0 unspecified atom stereocenters. The van der Waals surface area contributed by atoms with Gasteiger partial charge < -0.3 is 4.74 Å². The second-order valence-corrected chi connectivity index (χ2v) is 6.87. The molecule has 0 bridgehead atoms. The van der Waals surface area contributed by atoms with Crippen molar-refractivity contribution in [2.45, 2.75) is 13.3 Å². The molecular formula is C27H24O. The number of benzene rings is 4.